The molecule has 2 rings (SSSR count). The quantitative estimate of drug-likeness (QED) is 0.860. The Kier molecular flexibility index (Phi) is 4.90. The van der Waals surface area contributed by atoms with Crippen molar-refractivity contribution < 1.29 is 9.53 Å². The van der Waals surface area contributed by atoms with Gasteiger partial charge >= 0.3 is 0 Å². The number of rotatable bonds is 5. The predicted octanol–water partition coefficient (Wildman–Crippen LogP) is 2.85. The van der Waals surface area contributed by atoms with Crippen molar-refractivity contribution in [1.29, 1.82) is 0 Å². The fraction of sp³-hybridized carbons (Fsp3) is 0.214. The Morgan fingerprint density at radius 2 is 2.25 bits per heavy atom. The Balaban J connectivity index is 1.78. The number of carbonyl (C=O) groups is 1. The SMILES string of the molecule is Cc1cccc(OCCC(=O)Nc2ccnc(Cl)n2)c1. The Bertz CT molecular complexity index is 604. The minimum atomic E-state index is -0.188. The first-order valence-corrected chi connectivity index (χ1v) is 6.49. The van der Waals surface area contributed by atoms with Crippen LogP contribution in [0.2, 0.25) is 5.28 Å². The van der Waals surface area contributed by atoms with Crippen LogP contribution in [0.15, 0.2) is 36.5 Å². The summed E-state index contributed by atoms with van der Waals surface area (Å²) >= 11 is 5.63. The van der Waals surface area contributed by atoms with E-state index < -0.39 is 0 Å². The molecule has 2 aromatic rings. The molecule has 0 aliphatic heterocycles. The molecule has 0 aliphatic carbocycles. The van der Waals surface area contributed by atoms with E-state index in [2.05, 4.69) is 15.3 Å². The topological polar surface area (TPSA) is 64.1 Å². The van der Waals surface area contributed by atoms with Gasteiger partial charge in [-0.05, 0) is 42.3 Å². The molecule has 1 aromatic carbocycles. The van der Waals surface area contributed by atoms with Gasteiger partial charge < -0.3 is 10.1 Å². The van der Waals surface area contributed by atoms with Crippen molar-refractivity contribution in [3.05, 3.63) is 47.4 Å². The second kappa shape index (κ2) is 6.86. The molecule has 0 aliphatic rings. The van der Waals surface area contributed by atoms with E-state index >= 15 is 0 Å². The van der Waals surface area contributed by atoms with Gasteiger partial charge in [0.1, 0.15) is 11.6 Å². The van der Waals surface area contributed by atoms with Gasteiger partial charge in [0.15, 0.2) is 0 Å². The first kappa shape index (κ1) is 14.3. The molecular weight excluding hydrogens is 278 g/mol. The zero-order valence-corrected chi connectivity index (χ0v) is 11.7. The van der Waals surface area contributed by atoms with Crippen LogP contribution in [0.25, 0.3) is 0 Å². The number of aryl methyl sites for hydroxylation is 1. The molecule has 0 atom stereocenters. The molecule has 0 radical (unpaired) electrons. The van der Waals surface area contributed by atoms with Crippen LogP contribution in [-0.4, -0.2) is 22.5 Å². The molecule has 1 amide bonds. The molecule has 0 saturated heterocycles. The van der Waals surface area contributed by atoms with E-state index in [0.29, 0.717) is 12.4 Å². The lowest BCUT2D eigenvalue weighted by molar-refractivity contribution is -0.116. The number of nitrogens with zero attached hydrogens (tertiary/aromatic N) is 2. The maximum atomic E-state index is 11.7. The van der Waals surface area contributed by atoms with E-state index in [1.807, 2.05) is 31.2 Å². The minimum absolute atomic E-state index is 0.0961. The van der Waals surface area contributed by atoms with Crippen molar-refractivity contribution in [2.75, 3.05) is 11.9 Å². The minimum Gasteiger partial charge on any atom is -0.493 e. The molecule has 0 unspecified atom stereocenters. The van der Waals surface area contributed by atoms with Gasteiger partial charge in [0, 0.05) is 6.20 Å². The highest BCUT2D eigenvalue weighted by Crippen LogP contribution is 2.12. The first-order valence-electron chi connectivity index (χ1n) is 6.11. The lowest BCUT2D eigenvalue weighted by atomic mass is 10.2. The zero-order chi connectivity index (χ0) is 14.4. The fourth-order valence-corrected chi connectivity index (χ4v) is 1.72. The number of anilines is 1. The normalized spacial score (nSPS) is 10.1. The van der Waals surface area contributed by atoms with E-state index in [-0.39, 0.29) is 17.6 Å². The zero-order valence-electron chi connectivity index (χ0n) is 11.0. The third-order valence-electron chi connectivity index (χ3n) is 2.48. The summed E-state index contributed by atoms with van der Waals surface area (Å²) in [6.07, 6.45) is 1.71. The summed E-state index contributed by atoms with van der Waals surface area (Å²) in [5.41, 5.74) is 1.11. The summed E-state index contributed by atoms with van der Waals surface area (Å²) in [7, 11) is 0. The standard InChI is InChI=1S/C14H14ClN3O2/c1-10-3-2-4-11(9-10)20-8-6-13(19)17-12-5-7-16-14(15)18-12/h2-5,7,9H,6,8H2,1H3,(H,16,17,18,19). The van der Waals surface area contributed by atoms with Gasteiger partial charge in [-0.25, -0.2) is 9.97 Å². The van der Waals surface area contributed by atoms with E-state index in [1.165, 1.54) is 6.20 Å². The van der Waals surface area contributed by atoms with Crippen molar-refractivity contribution in [3.8, 4) is 5.75 Å². The third-order valence-corrected chi connectivity index (χ3v) is 2.66. The predicted molar refractivity (Wildman–Crippen MR) is 77.0 cm³/mol. The molecule has 1 heterocycles. The molecule has 1 aromatic heterocycles. The van der Waals surface area contributed by atoms with Crippen LogP contribution < -0.4 is 10.1 Å². The molecule has 5 nitrogen and oxygen atoms in total. The monoisotopic (exact) mass is 291 g/mol. The van der Waals surface area contributed by atoms with E-state index in [9.17, 15) is 4.79 Å². The van der Waals surface area contributed by atoms with Crippen LogP contribution in [0, 0.1) is 6.92 Å². The maximum Gasteiger partial charge on any atom is 0.228 e. The van der Waals surface area contributed by atoms with Crippen LogP contribution >= 0.6 is 11.6 Å². The molecule has 0 saturated carbocycles. The number of aromatic nitrogens is 2. The van der Waals surface area contributed by atoms with Gasteiger partial charge in [0.25, 0.3) is 0 Å². The Morgan fingerprint density at radius 1 is 1.40 bits per heavy atom. The average molecular weight is 292 g/mol. The van der Waals surface area contributed by atoms with Gasteiger partial charge in [0.2, 0.25) is 11.2 Å². The first-order chi connectivity index (χ1) is 9.63. The summed E-state index contributed by atoms with van der Waals surface area (Å²) in [5, 5.41) is 2.72. The molecule has 6 heteroatoms. The van der Waals surface area contributed by atoms with Gasteiger partial charge in [-0.3, -0.25) is 4.79 Å². The molecule has 1 N–H and O–H groups in total. The van der Waals surface area contributed by atoms with E-state index in [4.69, 9.17) is 16.3 Å². The van der Waals surface area contributed by atoms with Crippen molar-refractivity contribution in [3.63, 3.8) is 0 Å². The van der Waals surface area contributed by atoms with Crippen molar-refractivity contribution in [2.24, 2.45) is 0 Å². The van der Waals surface area contributed by atoms with Crippen LogP contribution in [-0.2, 0) is 4.79 Å². The highest BCUT2D eigenvalue weighted by atomic mass is 35.5. The van der Waals surface area contributed by atoms with E-state index in [1.54, 1.807) is 6.07 Å². The van der Waals surface area contributed by atoms with Crippen LogP contribution in [0.3, 0.4) is 0 Å². The Hall–Kier alpha value is -2.14. The largest absolute Gasteiger partial charge is 0.493 e. The maximum absolute atomic E-state index is 11.7. The van der Waals surface area contributed by atoms with Crippen LogP contribution in [0.4, 0.5) is 5.82 Å². The molecule has 0 bridgehead atoms. The fourth-order valence-electron chi connectivity index (χ4n) is 1.58. The average Bonchev–Trinajstić information content (AvgIpc) is 2.38. The lowest BCUT2D eigenvalue weighted by Crippen LogP contribution is -2.16. The highest BCUT2D eigenvalue weighted by Gasteiger charge is 2.04. The van der Waals surface area contributed by atoms with Gasteiger partial charge in [0.05, 0.1) is 13.0 Å². The molecular formula is C14H14ClN3O2. The summed E-state index contributed by atoms with van der Waals surface area (Å²) in [6, 6.07) is 9.24. The number of halogens is 1. The number of amides is 1. The van der Waals surface area contributed by atoms with Crippen LogP contribution in [0.5, 0.6) is 5.75 Å². The number of benzene rings is 1. The molecule has 104 valence electrons. The van der Waals surface area contributed by atoms with Gasteiger partial charge in [-0.15, -0.1) is 0 Å². The lowest BCUT2D eigenvalue weighted by Gasteiger charge is -2.07. The van der Waals surface area contributed by atoms with Crippen molar-refractivity contribution in [1.82, 2.24) is 9.97 Å². The molecule has 0 spiro atoms. The third kappa shape index (κ3) is 4.51. The number of hydrogen-bond acceptors (Lipinski definition) is 4. The summed E-state index contributed by atoms with van der Waals surface area (Å²) in [6.45, 7) is 2.28. The summed E-state index contributed by atoms with van der Waals surface area (Å²) in [5.74, 6) is 0.945. The smallest absolute Gasteiger partial charge is 0.228 e. The number of carbonyl (C=O) groups excluding carboxylic acids is 1. The number of hydrogen-bond donors (Lipinski definition) is 1. The Labute approximate surface area is 122 Å². The van der Waals surface area contributed by atoms with E-state index in [0.717, 1.165) is 11.3 Å². The van der Waals surface area contributed by atoms with Crippen LogP contribution in [0.1, 0.15) is 12.0 Å². The molecule has 20 heavy (non-hydrogen) atoms. The van der Waals surface area contributed by atoms with Gasteiger partial charge in [-0.1, -0.05) is 12.1 Å². The van der Waals surface area contributed by atoms with Crippen molar-refractivity contribution >= 4 is 23.3 Å². The van der Waals surface area contributed by atoms with Crippen molar-refractivity contribution in [2.45, 2.75) is 13.3 Å². The summed E-state index contributed by atoms with van der Waals surface area (Å²) < 4.78 is 5.50. The molecule has 0 fully saturated rings. The summed E-state index contributed by atoms with van der Waals surface area (Å²) in [4.78, 5) is 19.3. The highest BCUT2D eigenvalue weighted by molar-refractivity contribution is 6.28. The second-order valence-corrected chi connectivity index (χ2v) is 4.51. The van der Waals surface area contributed by atoms with Gasteiger partial charge in [-0.2, -0.15) is 0 Å². The Morgan fingerprint density at radius 3 is 3.00 bits per heavy atom. The second-order valence-electron chi connectivity index (χ2n) is 4.17. The number of ether oxygens (including phenoxy) is 1. The number of nitrogens with one attached hydrogen (secondary N) is 1.